The Morgan fingerprint density at radius 1 is 0.818 bits per heavy atom. The molecule has 5 heteroatoms. The third kappa shape index (κ3) is 3.24. The summed E-state index contributed by atoms with van der Waals surface area (Å²) in [6, 6.07) is 0. The SMILES string of the molecule is CC(=O)C(=O)OC(=O)C(C)=O. The predicted molar refractivity (Wildman–Crippen MR) is 32.5 cm³/mol. The average Bonchev–Trinajstić information content (AvgIpc) is 1.87. The summed E-state index contributed by atoms with van der Waals surface area (Å²) >= 11 is 0. The van der Waals surface area contributed by atoms with E-state index in [0.717, 1.165) is 13.8 Å². The molecule has 0 aromatic carbocycles. The van der Waals surface area contributed by atoms with Gasteiger partial charge in [-0.1, -0.05) is 0 Å². The van der Waals surface area contributed by atoms with Gasteiger partial charge in [0.05, 0.1) is 0 Å². The molecule has 0 amide bonds. The van der Waals surface area contributed by atoms with Gasteiger partial charge in [0.2, 0.25) is 11.6 Å². The van der Waals surface area contributed by atoms with Crippen LogP contribution in [-0.4, -0.2) is 23.5 Å². The lowest BCUT2D eigenvalue weighted by atomic mass is 10.4. The van der Waals surface area contributed by atoms with Crippen LogP contribution >= 0.6 is 0 Å². The molecule has 0 unspecified atom stereocenters. The smallest absolute Gasteiger partial charge is 0.381 e. The van der Waals surface area contributed by atoms with E-state index in [4.69, 9.17) is 0 Å². The first kappa shape index (κ1) is 9.48. The monoisotopic (exact) mass is 158 g/mol. The minimum Gasteiger partial charge on any atom is -0.381 e. The van der Waals surface area contributed by atoms with Crippen LogP contribution in [0.4, 0.5) is 0 Å². The van der Waals surface area contributed by atoms with Crippen LogP contribution in [0.2, 0.25) is 0 Å². The fourth-order valence-electron chi connectivity index (χ4n) is 0.228. The molecule has 11 heavy (non-hydrogen) atoms. The van der Waals surface area contributed by atoms with Gasteiger partial charge in [0.25, 0.3) is 0 Å². The van der Waals surface area contributed by atoms with Crippen molar-refractivity contribution < 1.29 is 23.9 Å². The Balaban J connectivity index is 4.07. The van der Waals surface area contributed by atoms with E-state index in [-0.39, 0.29) is 0 Å². The summed E-state index contributed by atoms with van der Waals surface area (Å²) in [4.78, 5) is 41.0. The second kappa shape index (κ2) is 3.60. The van der Waals surface area contributed by atoms with Gasteiger partial charge in [0.15, 0.2) is 0 Å². The molecule has 0 aliphatic rings. The molecule has 0 aromatic rings. The van der Waals surface area contributed by atoms with Crippen LogP contribution in [0.5, 0.6) is 0 Å². The van der Waals surface area contributed by atoms with E-state index in [0.29, 0.717) is 0 Å². The van der Waals surface area contributed by atoms with Crippen molar-refractivity contribution in [3.8, 4) is 0 Å². The highest BCUT2D eigenvalue weighted by Gasteiger charge is 2.17. The lowest BCUT2D eigenvalue weighted by Gasteiger charge is -1.94. The lowest BCUT2D eigenvalue weighted by Crippen LogP contribution is -2.22. The van der Waals surface area contributed by atoms with E-state index < -0.39 is 23.5 Å². The van der Waals surface area contributed by atoms with Crippen LogP contribution in [0.3, 0.4) is 0 Å². The Hall–Kier alpha value is -1.52. The predicted octanol–water partition coefficient (Wildman–Crippen LogP) is -0.766. The molecule has 0 radical (unpaired) electrons. The number of carbonyl (C=O) groups is 4. The highest BCUT2D eigenvalue weighted by molar-refractivity contribution is 6.41. The maximum atomic E-state index is 10.3. The Morgan fingerprint density at radius 2 is 1.09 bits per heavy atom. The molecule has 0 rings (SSSR count). The number of ether oxygens (including phenoxy) is 1. The standard InChI is InChI=1S/C6H6O5/c1-3(7)5(9)11-6(10)4(2)8/h1-2H3. The van der Waals surface area contributed by atoms with Gasteiger partial charge in [-0.15, -0.1) is 0 Å². The fourth-order valence-corrected chi connectivity index (χ4v) is 0.228. The van der Waals surface area contributed by atoms with Crippen LogP contribution in [0, 0.1) is 0 Å². The third-order valence-corrected chi connectivity index (χ3v) is 0.760. The van der Waals surface area contributed by atoms with Gasteiger partial charge >= 0.3 is 11.9 Å². The Kier molecular flexibility index (Phi) is 3.10. The Morgan fingerprint density at radius 3 is 1.27 bits per heavy atom. The van der Waals surface area contributed by atoms with Crippen molar-refractivity contribution in [1.82, 2.24) is 0 Å². The second-order valence-corrected chi connectivity index (χ2v) is 1.79. The zero-order valence-electron chi connectivity index (χ0n) is 6.04. The number of hydrogen-bond donors (Lipinski definition) is 0. The molecule has 0 aliphatic carbocycles. The van der Waals surface area contributed by atoms with E-state index in [1.165, 1.54) is 0 Å². The number of esters is 2. The first-order valence-corrected chi connectivity index (χ1v) is 2.72. The van der Waals surface area contributed by atoms with Gasteiger partial charge in [0, 0.05) is 13.8 Å². The summed E-state index contributed by atoms with van der Waals surface area (Å²) in [5, 5.41) is 0. The first-order chi connectivity index (χ1) is 4.95. The number of carbonyl (C=O) groups excluding carboxylic acids is 4. The van der Waals surface area contributed by atoms with Crippen molar-refractivity contribution in [2.24, 2.45) is 0 Å². The van der Waals surface area contributed by atoms with Crippen molar-refractivity contribution >= 4 is 23.5 Å². The van der Waals surface area contributed by atoms with Crippen LogP contribution < -0.4 is 0 Å². The van der Waals surface area contributed by atoms with Gasteiger partial charge in [0.1, 0.15) is 0 Å². The summed E-state index contributed by atoms with van der Waals surface area (Å²) in [5.41, 5.74) is 0. The lowest BCUT2D eigenvalue weighted by molar-refractivity contribution is -0.166. The third-order valence-electron chi connectivity index (χ3n) is 0.760. The number of ketones is 2. The maximum Gasteiger partial charge on any atom is 0.382 e. The highest BCUT2D eigenvalue weighted by atomic mass is 16.6. The average molecular weight is 158 g/mol. The van der Waals surface area contributed by atoms with Gasteiger partial charge in [-0.2, -0.15) is 0 Å². The second-order valence-electron chi connectivity index (χ2n) is 1.79. The van der Waals surface area contributed by atoms with Crippen molar-refractivity contribution in [3.05, 3.63) is 0 Å². The Bertz CT molecular complexity index is 203. The molecular weight excluding hydrogens is 152 g/mol. The van der Waals surface area contributed by atoms with E-state index in [1.54, 1.807) is 0 Å². The van der Waals surface area contributed by atoms with E-state index >= 15 is 0 Å². The first-order valence-electron chi connectivity index (χ1n) is 2.72. The molecule has 0 N–H and O–H groups in total. The fraction of sp³-hybridized carbons (Fsp3) is 0.333. The van der Waals surface area contributed by atoms with Gasteiger partial charge in [-0.25, -0.2) is 9.59 Å². The highest BCUT2D eigenvalue weighted by Crippen LogP contribution is 1.83. The normalized spacial score (nSPS) is 8.55. The van der Waals surface area contributed by atoms with E-state index in [1.807, 2.05) is 0 Å². The van der Waals surface area contributed by atoms with Crippen molar-refractivity contribution in [1.29, 1.82) is 0 Å². The number of Topliss-reactive ketones (excluding diaryl/α,β-unsaturated/α-hetero) is 2. The molecule has 0 saturated heterocycles. The molecule has 0 atom stereocenters. The molecular formula is C6H6O5. The van der Waals surface area contributed by atoms with Crippen LogP contribution in [0.25, 0.3) is 0 Å². The van der Waals surface area contributed by atoms with E-state index in [2.05, 4.69) is 4.74 Å². The maximum absolute atomic E-state index is 10.3. The van der Waals surface area contributed by atoms with Crippen LogP contribution in [-0.2, 0) is 23.9 Å². The summed E-state index contributed by atoms with van der Waals surface area (Å²) in [7, 11) is 0. The molecule has 0 spiro atoms. The summed E-state index contributed by atoms with van der Waals surface area (Å²) in [5.74, 6) is -4.46. The van der Waals surface area contributed by atoms with Crippen LogP contribution in [0.15, 0.2) is 0 Å². The molecule has 0 fully saturated rings. The molecule has 60 valence electrons. The number of rotatable bonds is 2. The summed E-state index contributed by atoms with van der Waals surface area (Å²) in [6.45, 7) is 1.88. The quantitative estimate of drug-likeness (QED) is 0.299. The van der Waals surface area contributed by atoms with Crippen molar-refractivity contribution in [3.63, 3.8) is 0 Å². The van der Waals surface area contributed by atoms with Crippen molar-refractivity contribution in [2.75, 3.05) is 0 Å². The molecule has 0 saturated carbocycles. The summed E-state index contributed by atoms with van der Waals surface area (Å²) in [6.07, 6.45) is 0. The molecule has 0 heterocycles. The van der Waals surface area contributed by atoms with Crippen molar-refractivity contribution in [2.45, 2.75) is 13.8 Å². The van der Waals surface area contributed by atoms with E-state index in [9.17, 15) is 19.2 Å². The summed E-state index contributed by atoms with van der Waals surface area (Å²) < 4.78 is 3.80. The molecule has 5 nitrogen and oxygen atoms in total. The van der Waals surface area contributed by atoms with Gasteiger partial charge in [-0.3, -0.25) is 9.59 Å². The molecule has 0 bridgehead atoms. The molecule has 0 aliphatic heterocycles. The number of hydrogen-bond acceptors (Lipinski definition) is 5. The minimum absolute atomic E-state index is 0.917. The topological polar surface area (TPSA) is 77.5 Å². The van der Waals surface area contributed by atoms with Crippen LogP contribution in [0.1, 0.15) is 13.8 Å². The zero-order chi connectivity index (χ0) is 9.02. The minimum atomic E-state index is -1.31. The van der Waals surface area contributed by atoms with Gasteiger partial charge < -0.3 is 4.74 Å². The largest absolute Gasteiger partial charge is 0.382 e. The zero-order valence-corrected chi connectivity index (χ0v) is 6.04. The Labute approximate surface area is 62.3 Å². The van der Waals surface area contributed by atoms with Gasteiger partial charge in [-0.05, 0) is 0 Å². The molecule has 0 aromatic heterocycles.